The van der Waals surface area contributed by atoms with Crippen LogP contribution in [-0.2, 0) is 18.6 Å². The van der Waals surface area contributed by atoms with E-state index < -0.39 is 5.60 Å². The van der Waals surface area contributed by atoms with E-state index in [0.29, 0.717) is 13.0 Å². The van der Waals surface area contributed by atoms with Gasteiger partial charge < -0.3 is 15.7 Å². The number of fused-ring (bicyclic) bond motifs is 1. The van der Waals surface area contributed by atoms with E-state index in [0.717, 1.165) is 16.9 Å². The number of amides is 2. The Balaban J connectivity index is 1.54. The van der Waals surface area contributed by atoms with E-state index in [1.807, 2.05) is 41.8 Å². The smallest absolute Gasteiger partial charge is 0.315 e. The summed E-state index contributed by atoms with van der Waals surface area (Å²) in [5.41, 5.74) is 1.15. The first-order valence-electron chi connectivity index (χ1n) is 7.02. The Morgan fingerprint density at radius 2 is 2.10 bits per heavy atom. The first kappa shape index (κ1) is 14.1. The first-order chi connectivity index (χ1) is 10.2. The molecule has 1 heterocycles. The molecule has 2 amide bonds. The van der Waals surface area contributed by atoms with Crippen molar-refractivity contribution in [2.45, 2.75) is 25.0 Å². The van der Waals surface area contributed by atoms with Crippen LogP contribution in [0.3, 0.4) is 0 Å². The molecule has 0 spiro atoms. The summed E-state index contributed by atoms with van der Waals surface area (Å²) in [6.07, 6.45) is 1.50. The molecule has 0 saturated carbocycles. The fraction of sp³-hybridized carbons (Fsp3) is 0.312. The lowest BCUT2D eigenvalue weighted by molar-refractivity contribution is 0.0412. The molecule has 1 aliphatic carbocycles. The molecule has 0 bridgehead atoms. The van der Waals surface area contributed by atoms with Crippen molar-refractivity contribution >= 4 is 17.4 Å². The quantitative estimate of drug-likeness (QED) is 0.812. The molecule has 5 heteroatoms. The van der Waals surface area contributed by atoms with Crippen LogP contribution in [0.15, 0.2) is 41.8 Å². The van der Waals surface area contributed by atoms with Crippen LogP contribution in [0, 0.1) is 0 Å². The Morgan fingerprint density at radius 1 is 1.24 bits per heavy atom. The zero-order chi connectivity index (χ0) is 14.7. The second-order valence-electron chi connectivity index (χ2n) is 5.30. The molecule has 3 rings (SSSR count). The highest BCUT2D eigenvalue weighted by Crippen LogP contribution is 2.36. The molecule has 110 valence electrons. The number of aryl methyl sites for hydroxylation is 1. The Labute approximate surface area is 127 Å². The van der Waals surface area contributed by atoms with Crippen molar-refractivity contribution < 1.29 is 9.90 Å². The van der Waals surface area contributed by atoms with Gasteiger partial charge in [0.25, 0.3) is 0 Å². The number of benzene rings is 1. The maximum Gasteiger partial charge on any atom is 0.315 e. The first-order valence-corrected chi connectivity index (χ1v) is 7.90. The Bertz CT molecular complexity index is 627. The third-order valence-electron chi connectivity index (χ3n) is 3.87. The number of rotatable bonds is 4. The number of nitrogens with one attached hydrogen (secondary N) is 2. The molecule has 2 aromatic rings. The van der Waals surface area contributed by atoms with Gasteiger partial charge in [0.2, 0.25) is 0 Å². The topological polar surface area (TPSA) is 61.4 Å². The third kappa shape index (κ3) is 3.09. The van der Waals surface area contributed by atoms with E-state index in [4.69, 9.17) is 0 Å². The van der Waals surface area contributed by atoms with Gasteiger partial charge in [-0.1, -0.05) is 30.3 Å². The van der Waals surface area contributed by atoms with Gasteiger partial charge in [-0.3, -0.25) is 0 Å². The average Bonchev–Trinajstić information content (AvgIpc) is 3.13. The molecule has 4 nitrogen and oxygen atoms in total. The number of urea groups is 1. The fourth-order valence-corrected chi connectivity index (χ4v) is 3.37. The highest BCUT2D eigenvalue weighted by atomic mass is 32.1. The zero-order valence-corrected chi connectivity index (χ0v) is 12.5. The molecule has 21 heavy (non-hydrogen) atoms. The summed E-state index contributed by atoms with van der Waals surface area (Å²) in [6.45, 7) is 0.749. The average molecular weight is 302 g/mol. The number of carbonyl (C=O) groups is 1. The van der Waals surface area contributed by atoms with Crippen LogP contribution in [-0.4, -0.2) is 17.7 Å². The van der Waals surface area contributed by atoms with Crippen LogP contribution in [0.25, 0.3) is 0 Å². The Kier molecular flexibility index (Phi) is 3.94. The fourth-order valence-electron chi connectivity index (χ4n) is 2.72. The van der Waals surface area contributed by atoms with E-state index >= 15 is 0 Å². The van der Waals surface area contributed by atoms with Crippen molar-refractivity contribution in [3.63, 3.8) is 0 Å². The molecule has 1 aliphatic rings. The molecular formula is C16H18N2O2S. The minimum Gasteiger partial charge on any atom is -0.383 e. The van der Waals surface area contributed by atoms with Gasteiger partial charge in [-0.05, 0) is 35.4 Å². The molecule has 1 aromatic heterocycles. The van der Waals surface area contributed by atoms with Crippen LogP contribution in [0.1, 0.15) is 22.4 Å². The highest BCUT2D eigenvalue weighted by molar-refractivity contribution is 7.09. The lowest BCUT2D eigenvalue weighted by Gasteiger charge is -2.24. The third-order valence-corrected chi connectivity index (χ3v) is 4.75. The maximum absolute atomic E-state index is 11.8. The van der Waals surface area contributed by atoms with Crippen LogP contribution in [0.5, 0.6) is 0 Å². The van der Waals surface area contributed by atoms with Crippen molar-refractivity contribution in [3.8, 4) is 0 Å². The highest BCUT2D eigenvalue weighted by Gasteiger charge is 2.36. The summed E-state index contributed by atoms with van der Waals surface area (Å²) in [5, 5.41) is 18.3. The molecule has 1 aromatic carbocycles. The largest absolute Gasteiger partial charge is 0.383 e. The summed E-state index contributed by atoms with van der Waals surface area (Å²) in [6, 6.07) is 11.6. The van der Waals surface area contributed by atoms with E-state index in [-0.39, 0.29) is 12.6 Å². The summed E-state index contributed by atoms with van der Waals surface area (Å²) in [5.74, 6) is 0. The molecule has 0 radical (unpaired) electrons. The number of hydrogen-bond donors (Lipinski definition) is 3. The van der Waals surface area contributed by atoms with Gasteiger partial charge in [-0.25, -0.2) is 4.79 Å². The standard InChI is InChI=1S/C16H18N2O2S/c19-15(17-10-13-5-3-9-21-13)18-11-16(20)8-7-12-4-1-2-6-14(12)16/h1-6,9,20H,7-8,10-11H2,(H2,17,18,19). The van der Waals surface area contributed by atoms with Gasteiger partial charge in [-0.2, -0.15) is 0 Å². The summed E-state index contributed by atoms with van der Waals surface area (Å²) in [7, 11) is 0. The van der Waals surface area contributed by atoms with Gasteiger partial charge in [0.1, 0.15) is 5.60 Å². The van der Waals surface area contributed by atoms with Gasteiger partial charge >= 0.3 is 6.03 Å². The second kappa shape index (κ2) is 5.87. The van der Waals surface area contributed by atoms with E-state index in [9.17, 15) is 9.90 Å². The predicted molar refractivity (Wildman–Crippen MR) is 83.2 cm³/mol. The van der Waals surface area contributed by atoms with Crippen LogP contribution < -0.4 is 10.6 Å². The summed E-state index contributed by atoms with van der Waals surface area (Å²) < 4.78 is 0. The van der Waals surface area contributed by atoms with Crippen molar-refractivity contribution in [3.05, 3.63) is 57.8 Å². The lowest BCUT2D eigenvalue weighted by atomic mass is 9.96. The van der Waals surface area contributed by atoms with Crippen LogP contribution >= 0.6 is 11.3 Å². The predicted octanol–water partition coefficient (Wildman–Crippen LogP) is 2.38. The summed E-state index contributed by atoms with van der Waals surface area (Å²) >= 11 is 1.61. The minimum absolute atomic E-state index is 0.236. The SMILES string of the molecule is O=C(NCc1cccs1)NCC1(O)CCc2ccccc21. The van der Waals surface area contributed by atoms with E-state index in [2.05, 4.69) is 10.6 Å². The molecule has 3 N–H and O–H groups in total. The Morgan fingerprint density at radius 3 is 2.90 bits per heavy atom. The van der Waals surface area contributed by atoms with Gasteiger partial charge in [0.15, 0.2) is 0 Å². The second-order valence-corrected chi connectivity index (χ2v) is 6.34. The zero-order valence-electron chi connectivity index (χ0n) is 11.6. The maximum atomic E-state index is 11.8. The molecular weight excluding hydrogens is 284 g/mol. The van der Waals surface area contributed by atoms with Gasteiger partial charge in [0, 0.05) is 4.88 Å². The van der Waals surface area contributed by atoms with Crippen molar-refractivity contribution in [1.82, 2.24) is 10.6 Å². The molecule has 1 atom stereocenters. The van der Waals surface area contributed by atoms with Crippen LogP contribution in [0.4, 0.5) is 4.79 Å². The van der Waals surface area contributed by atoms with Crippen molar-refractivity contribution in [2.24, 2.45) is 0 Å². The van der Waals surface area contributed by atoms with E-state index in [1.54, 1.807) is 11.3 Å². The number of carbonyl (C=O) groups excluding carboxylic acids is 1. The number of hydrogen-bond acceptors (Lipinski definition) is 3. The minimum atomic E-state index is -0.948. The number of thiophene rings is 1. The molecule has 0 saturated heterocycles. The number of aliphatic hydroxyl groups is 1. The summed E-state index contributed by atoms with van der Waals surface area (Å²) in [4.78, 5) is 12.9. The molecule has 0 fully saturated rings. The van der Waals surface area contributed by atoms with Gasteiger partial charge in [-0.15, -0.1) is 11.3 Å². The van der Waals surface area contributed by atoms with Crippen molar-refractivity contribution in [1.29, 1.82) is 0 Å². The van der Waals surface area contributed by atoms with Crippen molar-refractivity contribution in [2.75, 3.05) is 6.54 Å². The monoisotopic (exact) mass is 302 g/mol. The lowest BCUT2D eigenvalue weighted by Crippen LogP contribution is -2.43. The van der Waals surface area contributed by atoms with E-state index in [1.165, 1.54) is 5.56 Å². The normalized spacial score (nSPS) is 20.0. The van der Waals surface area contributed by atoms with Gasteiger partial charge in [0.05, 0.1) is 13.1 Å². The molecule has 0 aliphatic heterocycles. The molecule has 1 unspecified atom stereocenters. The van der Waals surface area contributed by atoms with Crippen LogP contribution in [0.2, 0.25) is 0 Å². The Hall–Kier alpha value is -1.85.